The van der Waals surface area contributed by atoms with Crippen molar-refractivity contribution in [1.82, 2.24) is 30.5 Å². The van der Waals surface area contributed by atoms with Crippen LogP contribution in [-0.2, 0) is 5.41 Å². The number of nitrogens with zero attached hydrogens (tertiary/aromatic N) is 5. The average molecular weight is 340 g/mol. The number of nitrogens with one attached hydrogen (secondary N) is 1. The van der Waals surface area contributed by atoms with Crippen molar-refractivity contribution < 1.29 is 9.18 Å². The lowest BCUT2D eigenvalue weighted by Crippen LogP contribution is -2.62. The largest absolute Gasteiger partial charge is 0.336 e. The molecule has 0 saturated carbocycles. The zero-order valence-electron chi connectivity index (χ0n) is 13.7. The Balaban J connectivity index is 1.65. The molecule has 1 aromatic carbocycles. The van der Waals surface area contributed by atoms with Gasteiger partial charge < -0.3 is 4.90 Å². The number of rotatable bonds is 4. The molecule has 0 unspecified atom stereocenters. The lowest BCUT2D eigenvalue weighted by Gasteiger charge is -2.48. The highest BCUT2D eigenvalue weighted by molar-refractivity contribution is 6.07. The molecule has 1 aliphatic heterocycles. The Kier molecular flexibility index (Phi) is 3.67. The van der Waals surface area contributed by atoms with Gasteiger partial charge in [0, 0.05) is 24.7 Å². The summed E-state index contributed by atoms with van der Waals surface area (Å²) in [6.45, 7) is 2.18. The van der Waals surface area contributed by atoms with E-state index in [1.54, 1.807) is 11.1 Å². The lowest BCUT2D eigenvalue weighted by atomic mass is 9.76. The van der Waals surface area contributed by atoms with Crippen LogP contribution in [0.3, 0.4) is 0 Å². The van der Waals surface area contributed by atoms with Gasteiger partial charge in [0.15, 0.2) is 5.82 Å². The van der Waals surface area contributed by atoms with E-state index >= 15 is 0 Å². The van der Waals surface area contributed by atoms with Crippen LogP contribution in [0.2, 0.25) is 0 Å². The number of tetrazole rings is 1. The summed E-state index contributed by atoms with van der Waals surface area (Å²) < 4.78 is 13.0. The van der Waals surface area contributed by atoms with Crippen molar-refractivity contribution in [2.45, 2.75) is 18.8 Å². The molecule has 1 N–H and O–H groups in total. The number of H-pyrrole nitrogens is 1. The summed E-state index contributed by atoms with van der Waals surface area (Å²) in [5.74, 6) is 0.389. The summed E-state index contributed by atoms with van der Waals surface area (Å²) >= 11 is 0. The molecule has 2 aromatic heterocycles. The molecule has 1 aliphatic rings. The van der Waals surface area contributed by atoms with Gasteiger partial charge in [-0.1, -0.05) is 17.3 Å². The number of aromatic amines is 1. The number of hydrogen-bond acceptors (Lipinski definition) is 5. The number of alkyl halides is 1. The standard InChI is InChI=1S/C17H17FN6O/c1-11-4-5-13-12(3-2-8-19-13)14(11)15(25)24-9-17(10-24,6-7-18)16-20-22-23-21-16/h2-5,8H,6-7,9-10H2,1H3,(H,20,21,22,23). The topological polar surface area (TPSA) is 87.7 Å². The van der Waals surface area contributed by atoms with Crippen LogP contribution in [0.5, 0.6) is 0 Å². The molecule has 3 heterocycles. The molecule has 0 aliphatic carbocycles. The molecule has 7 nitrogen and oxygen atoms in total. The smallest absolute Gasteiger partial charge is 0.254 e. The normalized spacial score (nSPS) is 16.0. The van der Waals surface area contributed by atoms with Gasteiger partial charge in [0.25, 0.3) is 5.91 Å². The Morgan fingerprint density at radius 2 is 2.20 bits per heavy atom. The average Bonchev–Trinajstić information content (AvgIpc) is 3.12. The first-order valence-electron chi connectivity index (χ1n) is 8.08. The molecular weight excluding hydrogens is 323 g/mol. The van der Waals surface area contributed by atoms with E-state index in [2.05, 4.69) is 25.6 Å². The molecule has 3 aromatic rings. The van der Waals surface area contributed by atoms with Gasteiger partial charge in [-0.25, -0.2) is 0 Å². The minimum Gasteiger partial charge on any atom is -0.336 e. The highest BCUT2D eigenvalue weighted by Gasteiger charge is 2.49. The van der Waals surface area contributed by atoms with Crippen LogP contribution in [0.15, 0.2) is 30.5 Å². The second kappa shape index (κ2) is 5.87. The van der Waals surface area contributed by atoms with E-state index in [-0.39, 0.29) is 12.3 Å². The number of hydrogen-bond donors (Lipinski definition) is 1. The molecule has 128 valence electrons. The number of carbonyl (C=O) groups excluding carboxylic acids is 1. The number of pyridine rings is 1. The van der Waals surface area contributed by atoms with E-state index in [9.17, 15) is 9.18 Å². The van der Waals surface area contributed by atoms with Crippen molar-refractivity contribution in [2.75, 3.05) is 19.8 Å². The fourth-order valence-electron chi connectivity index (χ4n) is 3.51. The second-order valence-electron chi connectivity index (χ2n) is 6.44. The van der Waals surface area contributed by atoms with Crippen molar-refractivity contribution in [3.05, 3.63) is 47.4 Å². The minimum absolute atomic E-state index is 0.0749. The molecule has 1 amide bonds. The molecular formula is C17H17FN6O. The van der Waals surface area contributed by atoms with E-state index in [1.165, 1.54) is 0 Å². The number of aryl methyl sites for hydroxylation is 1. The first-order valence-corrected chi connectivity index (χ1v) is 8.08. The van der Waals surface area contributed by atoms with Crippen LogP contribution in [0.4, 0.5) is 4.39 Å². The molecule has 1 saturated heterocycles. The summed E-state index contributed by atoms with van der Waals surface area (Å²) in [4.78, 5) is 19.1. The van der Waals surface area contributed by atoms with Crippen molar-refractivity contribution in [2.24, 2.45) is 0 Å². The fraction of sp³-hybridized carbons (Fsp3) is 0.353. The predicted molar refractivity (Wildman–Crippen MR) is 88.8 cm³/mol. The van der Waals surface area contributed by atoms with E-state index in [0.717, 1.165) is 16.5 Å². The van der Waals surface area contributed by atoms with Crippen LogP contribution in [0.1, 0.15) is 28.2 Å². The number of fused-ring (bicyclic) bond motifs is 1. The first kappa shape index (κ1) is 15.6. The third-order valence-electron chi connectivity index (χ3n) is 4.87. The summed E-state index contributed by atoms with van der Waals surface area (Å²) in [7, 11) is 0. The summed E-state index contributed by atoms with van der Waals surface area (Å²) in [6.07, 6.45) is 1.98. The van der Waals surface area contributed by atoms with E-state index in [0.29, 0.717) is 24.5 Å². The summed E-state index contributed by atoms with van der Waals surface area (Å²) in [6, 6.07) is 7.53. The maximum atomic E-state index is 13.1. The number of aromatic nitrogens is 5. The number of halogens is 1. The quantitative estimate of drug-likeness (QED) is 0.782. The zero-order valence-corrected chi connectivity index (χ0v) is 13.7. The van der Waals surface area contributed by atoms with Crippen molar-refractivity contribution >= 4 is 16.8 Å². The van der Waals surface area contributed by atoms with Crippen LogP contribution < -0.4 is 0 Å². The molecule has 8 heteroatoms. The molecule has 25 heavy (non-hydrogen) atoms. The monoisotopic (exact) mass is 340 g/mol. The highest BCUT2D eigenvalue weighted by atomic mass is 19.1. The number of carbonyl (C=O) groups is 1. The van der Waals surface area contributed by atoms with Crippen molar-refractivity contribution in [3.63, 3.8) is 0 Å². The van der Waals surface area contributed by atoms with Crippen LogP contribution in [0, 0.1) is 6.92 Å². The second-order valence-corrected chi connectivity index (χ2v) is 6.44. The molecule has 0 radical (unpaired) electrons. The van der Waals surface area contributed by atoms with Gasteiger partial charge in [-0.2, -0.15) is 5.21 Å². The molecule has 0 bridgehead atoms. The van der Waals surface area contributed by atoms with E-state index in [1.807, 2.05) is 31.2 Å². The maximum absolute atomic E-state index is 13.1. The number of amides is 1. The maximum Gasteiger partial charge on any atom is 0.254 e. The molecule has 0 atom stereocenters. The van der Waals surface area contributed by atoms with E-state index < -0.39 is 12.1 Å². The van der Waals surface area contributed by atoms with E-state index in [4.69, 9.17) is 0 Å². The van der Waals surface area contributed by atoms with Gasteiger partial charge in [-0.3, -0.25) is 14.2 Å². The third-order valence-corrected chi connectivity index (χ3v) is 4.87. The van der Waals surface area contributed by atoms with Crippen LogP contribution >= 0.6 is 0 Å². The van der Waals surface area contributed by atoms with Crippen molar-refractivity contribution in [1.29, 1.82) is 0 Å². The summed E-state index contributed by atoms with van der Waals surface area (Å²) in [5.41, 5.74) is 1.76. The Morgan fingerprint density at radius 3 is 2.92 bits per heavy atom. The van der Waals surface area contributed by atoms with Crippen LogP contribution in [-0.4, -0.2) is 56.2 Å². The highest BCUT2D eigenvalue weighted by Crippen LogP contribution is 2.37. The Bertz CT molecular complexity index is 920. The van der Waals surface area contributed by atoms with Gasteiger partial charge in [0.2, 0.25) is 0 Å². The van der Waals surface area contributed by atoms with Gasteiger partial charge in [0.05, 0.1) is 23.2 Å². The van der Waals surface area contributed by atoms with Gasteiger partial charge in [0.1, 0.15) is 0 Å². The zero-order chi connectivity index (χ0) is 17.4. The lowest BCUT2D eigenvalue weighted by molar-refractivity contribution is 0.0316. The SMILES string of the molecule is Cc1ccc2ncccc2c1C(=O)N1CC(CCF)(c2nn[nH]n2)C1. The minimum atomic E-state index is -0.561. The molecule has 4 rings (SSSR count). The third kappa shape index (κ3) is 2.45. The summed E-state index contributed by atoms with van der Waals surface area (Å²) in [5, 5.41) is 14.8. The van der Waals surface area contributed by atoms with Gasteiger partial charge >= 0.3 is 0 Å². The van der Waals surface area contributed by atoms with Crippen molar-refractivity contribution in [3.8, 4) is 0 Å². The fourth-order valence-corrected chi connectivity index (χ4v) is 3.51. The predicted octanol–water partition coefficient (Wildman–Crippen LogP) is 1.81. The Hall–Kier alpha value is -2.90. The molecule has 0 spiro atoms. The first-order chi connectivity index (χ1) is 12.1. The number of benzene rings is 1. The van der Waals surface area contributed by atoms with Gasteiger partial charge in [-0.05, 0) is 31.0 Å². The van der Waals surface area contributed by atoms with Gasteiger partial charge in [-0.15, -0.1) is 10.2 Å². The molecule has 1 fully saturated rings. The Labute approximate surface area is 143 Å². The van der Waals surface area contributed by atoms with Crippen LogP contribution in [0.25, 0.3) is 10.9 Å². The number of likely N-dealkylation sites (tertiary alicyclic amines) is 1. The Morgan fingerprint density at radius 1 is 1.36 bits per heavy atom.